The van der Waals surface area contributed by atoms with Crippen LogP contribution < -0.4 is 5.32 Å². The van der Waals surface area contributed by atoms with E-state index in [0.29, 0.717) is 6.42 Å². The summed E-state index contributed by atoms with van der Waals surface area (Å²) in [5.74, 6) is 0.272. The number of carbonyl (C=O) groups is 1. The van der Waals surface area contributed by atoms with E-state index in [1.165, 1.54) is 10.4 Å². The molecule has 2 heterocycles. The highest BCUT2D eigenvalue weighted by molar-refractivity contribution is 7.11. The molecule has 0 saturated carbocycles. The first-order chi connectivity index (χ1) is 11.1. The van der Waals surface area contributed by atoms with Gasteiger partial charge in [-0.25, -0.2) is 4.98 Å². The van der Waals surface area contributed by atoms with E-state index in [2.05, 4.69) is 29.4 Å². The van der Waals surface area contributed by atoms with Gasteiger partial charge in [-0.15, -0.1) is 11.3 Å². The van der Waals surface area contributed by atoms with E-state index in [1.807, 2.05) is 30.0 Å². The first-order valence-corrected chi connectivity index (χ1v) is 8.94. The molecule has 4 nitrogen and oxygen atoms in total. The Kier molecular flexibility index (Phi) is 5.08. The topological polar surface area (TPSA) is 45.2 Å². The van der Waals surface area contributed by atoms with Crippen molar-refractivity contribution in [2.24, 2.45) is 0 Å². The molecule has 1 atom stereocenters. The number of benzene rings is 1. The van der Waals surface area contributed by atoms with Crippen LogP contribution in [0, 0.1) is 13.8 Å². The molecule has 0 spiro atoms. The summed E-state index contributed by atoms with van der Waals surface area (Å²) in [6.45, 7) is 6.49. The molecule has 122 valence electrons. The average Bonchev–Trinajstić information content (AvgIpc) is 3.10. The minimum absolute atomic E-state index is 0.141. The predicted octanol–water partition coefficient (Wildman–Crippen LogP) is 3.21. The Morgan fingerprint density at radius 1 is 1.30 bits per heavy atom. The number of nitrogens with zero attached hydrogens (tertiary/aromatic N) is 2. The maximum atomic E-state index is 12.0. The summed E-state index contributed by atoms with van der Waals surface area (Å²) in [5.41, 5.74) is 2.33. The Morgan fingerprint density at radius 2 is 2.09 bits per heavy atom. The first kappa shape index (κ1) is 16.1. The number of hydrogen-bond acceptors (Lipinski definition) is 4. The number of aryl methyl sites for hydroxylation is 2. The van der Waals surface area contributed by atoms with Crippen LogP contribution in [0.1, 0.15) is 40.0 Å². The van der Waals surface area contributed by atoms with Crippen molar-refractivity contribution in [1.29, 1.82) is 0 Å². The summed E-state index contributed by atoms with van der Waals surface area (Å²) in [6, 6.07) is 10.5. The van der Waals surface area contributed by atoms with Crippen LogP contribution in [-0.2, 0) is 11.3 Å². The van der Waals surface area contributed by atoms with Crippen LogP contribution in [0.25, 0.3) is 0 Å². The third-order valence-electron chi connectivity index (χ3n) is 4.35. The maximum Gasteiger partial charge on any atom is 0.222 e. The largest absolute Gasteiger partial charge is 0.341 e. The SMILES string of the molecule is Cc1nc(CNC(CN2CCCC2=O)c2ccccc2)sc1C. The van der Waals surface area contributed by atoms with E-state index in [9.17, 15) is 4.79 Å². The monoisotopic (exact) mass is 329 g/mol. The van der Waals surface area contributed by atoms with Crippen molar-refractivity contribution in [2.45, 2.75) is 39.3 Å². The van der Waals surface area contributed by atoms with Gasteiger partial charge in [-0.1, -0.05) is 30.3 Å². The quantitative estimate of drug-likeness (QED) is 0.885. The lowest BCUT2D eigenvalue weighted by atomic mass is 10.1. The van der Waals surface area contributed by atoms with E-state index < -0.39 is 0 Å². The van der Waals surface area contributed by atoms with Crippen molar-refractivity contribution in [2.75, 3.05) is 13.1 Å². The second-order valence-corrected chi connectivity index (χ2v) is 7.32. The second kappa shape index (κ2) is 7.23. The first-order valence-electron chi connectivity index (χ1n) is 8.12. The standard InChI is InChI=1S/C18H23N3OS/c1-13-14(2)23-17(20-13)11-19-16(15-7-4-3-5-8-15)12-21-10-6-9-18(21)22/h3-5,7-8,16,19H,6,9-12H2,1-2H3. The van der Waals surface area contributed by atoms with Crippen LogP contribution in [0.3, 0.4) is 0 Å². The molecule has 1 aliphatic heterocycles. The summed E-state index contributed by atoms with van der Waals surface area (Å²) in [4.78, 5) is 19.8. The third kappa shape index (κ3) is 3.98. The van der Waals surface area contributed by atoms with Crippen molar-refractivity contribution in [1.82, 2.24) is 15.2 Å². The number of carbonyl (C=O) groups excluding carboxylic acids is 1. The highest BCUT2D eigenvalue weighted by Crippen LogP contribution is 2.21. The number of hydrogen-bond donors (Lipinski definition) is 1. The summed E-state index contributed by atoms with van der Waals surface area (Å²) in [5, 5.41) is 4.70. The Labute approximate surface area is 141 Å². The molecule has 23 heavy (non-hydrogen) atoms. The molecule has 1 aromatic carbocycles. The van der Waals surface area contributed by atoms with Gasteiger partial charge >= 0.3 is 0 Å². The fourth-order valence-corrected chi connectivity index (χ4v) is 3.80. The lowest BCUT2D eigenvalue weighted by Crippen LogP contribution is -2.35. The van der Waals surface area contributed by atoms with Gasteiger partial charge in [0.15, 0.2) is 0 Å². The summed E-state index contributed by atoms with van der Waals surface area (Å²) in [6.07, 6.45) is 1.66. The lowest BCUT2D eigenvalue weighted by molar-refractivity contribution is -0.128. The Balaban J connectivity index is 1.71. The number of rotatable bonds is 6. The van der Waals surface area contributed by atoms with Gasteiger partial charge in [0.05, 0.1) is 11.7 Å². The summed E-state index contributed by atoms with van der Waals surface area (Å²) < 4.78 is 0. The van der Waals surface area contributed by atoms with Crippen LogP contribution in [-0.4, -0.2) is 28.9 Å². The van der Waals surface area contributed by atoms with Crippen molar-refractivity contribution in [3.05, 3.63) is 51.5 Å². The Morgan fingerprint density at radius 3 is 2.70 bits per heavy atom. The van der Waals surface area contributed by atoms with Gasteiger partial charge in [-0.2, -0.15) is 0 Å². The van der Waals surface area contributed by atoms with Crippen LogP contribution >= 0.6 is 11.3 Å². The molecule has 0 radical (unpaired) electrons. The predicted molar refractivity (Wildman–Crippen MR) is 93.4 cm³/mol. The molecule has 1 N–H and O–H groups in total. The molecule has 5 heteroatoms. The molecular weight excluding hydrogens is 306 g/mol. The van der Waals surface area contributed by atoms with Crippen molar-refractivity contribution >= 4 is 17.2 Å². The fourth-order valence-electron chi connectivity index (χ4n) is 2.92. The van der Waals surface area contributed by atoms with Gasteiger partial charge in [0, 0.05) is 30.9 Å². The molecule has 1 fully saturated rings. The number of thiazole rings is 1. The zero-order valence-electron chi connectivity index (χ0n) is 13.7. The van der Waals surface area contributed by atoms with Gasteiger partial charge in [-0.3, -0.25) is 4.79 Å². The van der Waals surface area contributed by atoms with Gasteiger partial charge < -0.3 is 10.2 Å². The van der Waals surface area contributed by atoms with Crippen LogP contribution in [0.5, 0.6) is 0 Å². The zero-order valence-corrected chi connectivity index (χ0v) is 14.5. The van der Waals surface area contributed by atoms with Crippen LogP contribution in [0.4, 0.5) is 0 Å². The van der Waals surface area contributed by atoms with E-state index >= 15 is 0 Å². The highest BCUT2D eigenvalue weighted by atomic mass is 32.1. The van der Waals surface area contributed by atoms with Crippen LogP contribution in [0.15, 0.2) is 30.3 Å². The number of nitrogens with one attached hydrogen (secondary N) is 1. The molecule has 0 bridgehead atoms. The van der Waals surface area contributed by atoms with E-state index in [-0.39, 0.29) is 11.9 Å². The molecule has 1 saturated heterocycles. The maximum absolute atomic E-state index is 12.0. The molecular formula is C18H23N3OS. The molecule has 1 amide bonds. The van der Waals surface area contributed by atoms with Crippen molar-refractivity contribution in [3.63, 3.8) is 0 Å². The van der Waals surface area contributed by atoms with Gasteiger partial charge in [0.2, 0.25) is 5.91 Å². The fraction of sp³-hybridized carbons (Fsp3) is 0.444. The smallest absolute Gasteiger partial charge is 0.222 e. The zero-order chi connectivity index (χ0) is 16.2. The van der Waals surface area contributed by atoms with Gasteiger partial charge in [0.25, 0.3) is 0 Å². The summed E-state index contributed by atoms with van der Waals surface area (Å²) >= 11 is 1.74. The van der Waals surface area contributed by atoms with E-state index in [1.54, 1.807) is 11.3 Å². The average molecular weight is 329 g/mol. The molecule has 1 aromatic heterocycles. The van der Waals surface area contributed by atoms with E-state index in [0.717, 1.165) is 36.8 Å². The molecule has 0 aliphatic carbocycles. The Hall–Kier alpha value is -1.72. The highest BCUT2D eigenvalue weighted by Gasteiger charge is 2.24. The van der Waals surface area contributed by atoms with Crippen LogP contribution in [0.2, 0.25) is 0 Å². The molecule has 1 aliphatic rings. The third-order valence-corrected chi connectivity index (χ3v) is 5.42. The molecule has 2 aromatic rings. The van der Waals surface area contributed by atoms with Crippen molar-refractivity contribution < 1.29 is 4.79 Å². The molecule has 3 rings (SSSR count). The lowest BCUT2D eigenvalue weighted by Gasteiger charge is -2.25. The second-order valence-electron chi connectivity index (χ2n) is 6.04. The van der Waals surface area contributed by atoms with E-state index in [4.69, 9.17) is 0 Å². The van der Waals surface area contributed by atoms with Gasteiger partial charge in [-0.05, 0) is 25.8 Å². The number of aromatic nitrogens is 1. The number of amides is 1. The van der Waals surface area contributed by atoms with Crippen molar-refractivity contribution in [3.8, 4) is 0 Å². The minimum atomic E-state index is 0.141. The number of likely N-dealkylation sites (tertiary alicyclic amines) is 1. The summed E-state index contributed by atoms with van der Waals surface area (Å²) in [7, 11) is 0. The minimum Gasteiger partial charge on any atom is -0.341 e. The molecule has 1 unspecified atom stereocenters. The normalized spacial score (nSPS) is 16.1. The Bertz CT molecular complexity index is 649. The van der Waals surface area contributed by atoms with Gasteiger partial charge in [0.1, 0.15) is 5.01 Å².